The van der Waals surface area contributed by atoms with E-state index in [2.05, 4.69) is 78.6 Å². The normalized spacial score (nSPS) is 12.0. The summed E-state index contributed by atoms with van der Waals surface area (Å²) in [4.78, 5) is 6.80. The smallest absolute Gasteiger partial charge is 0.191 e. The van der Waals surface area contributed by atoms with Crippen LogP contribution in [0, 0.1) is 0 Å². The number of nitrogens with one attached hydrogen (secondary N) is 2. The molecule has 0 spiro atoms. The number of hydrogen-bond donors (Lipinski definition) is 2. The van der Waals surface area contributed by atoms with Gasteiger partial charge in [0, 0.05) is 25.6 Å². The molecular formula is C20H37IN4. The Balaban J connectivity index is 0.00000576. The van der Waals surface area contributed by atoms with Gasteiger partial charge in [-0.25, -0.2) is 0 Å². The Morgan fingerprint density at radius 3 is 2.24 bits per heavy atom. The summed E-state index contributed by atoms with van der Waals surface area (Å²) < 4.78 is 0. The second-order valence-electron chi connectivity index (χ2n) is 6.84. The van der Waals surface area contributed by atoms with Crippen molar-refractivity contribution in [1.82, 2.24) is 15.5 Å². The third-order valence-corrected chi connectivity index (χ3v) is 4.56. The van der Waals surface area contributed by atoms with Crippen LogP contribution in [0.2, 0.25) is 0 Å². The van der Waals surface area contributed by atoms with Gasteiger partial charge in [0.05, 0.1) is 0 Å². The molecular weight excluding hydrogens is 423 g/mol. The maximum absolute atomic E-state index is 4.33. The second kappa shape index (κ2) is 13.4. The molecule has 0 fully saturated rings. The van der Waals surface area contributed by atoms with Gasteiger partial charge in [-0.3, -0.25) is 4.99 Å². The van der Waals surface area contributed by atoms with Crippen molar-refractivity contribution in [2.24, 2.45) is 4.99 Å². The number of benzene rings is 1. The van der Waals surface area contributed by atoms with Crippen LogP contribution in [0.5, 0.6) is 0 Å². The van der Waals surface area contributed by atoms with Crippen LogP contribution in [0.15, 0.2) is 35.3 Å². The Morgan fingerprint density at radius 2 is 1.68 bits per heavy atom. The lowest BCUT2D eigenvalue weighted by Gasteiger charge is -2.26. The van der Waals surface area contributed by atoms with Crippen LogP contribution in [-0.4, -0.2) is 50.6 Å². The first-order chi connectivity index (χ1) is 11.5. The summed E-state index contributed by atoms with van der Waals surface area (Å²) in [5, 5.41) is 6.88. The zero-order valence-electron chi connectivity index (χ0n) is 16.6. The van der Waals surface area contributed by atoms with Crippen LogP contribution < -0.4 is 10.6 Å². The summed E-state index contributed by atoms with van der Waals surface area (Å²) in [7, 11) is 1.83. The standard InChI is InChI=1S/C20H36N4.HI/c1-6-24(7-2)16-12-11-15-22-19(21-5)23-17-20(3,4)18-13-9-8-10-14-18;/h8-10,13-14H,6-7,11-12,15-17H2,1-5H3,(H2,21,22,23);1H. The molecule has 0 aliphatic rings. The summed E-state index contributed by atoms with van der Waals surface area (Å²) in [6.45, 7) is 14.2. The van der Waals surface area contributed by atoms with Crippen LogP contribution in [-0.2, 0) is 5.41 Å². The molecule has 1 aromatic carbocycles. The van der Waals surface area contributed by atoms with Gasteiger partial charge in [0.1, 0.15) is 0 Å². The van der Waals surface area contributed by atoms with Gasteiger partial charge in [-0.05, 0) is 38.0 Å². The monoisotopic (exact) mass is 460 g/mol. The average Bonchev–Trinajstić information content (AvgIpc) is 2.61. The molecule has 2 N–H and O–H groups in total. The molecule has 0 bridgehead atoms. The lowest BCUT2D eigenvalue weighted by atomic mass is 9.85. The molecule has 25 heavy (non-hydrogen) atoms. The quantitative estimate of drug-likeness (QED) is 0.241. The molecule has 0 heterocycles. The molecule has 0 aliphatic carbocycles. The van der Waals surface area contributed by atoms with Crippen molar-refractivity contribution in [1.29, 1.82) is 0 Å². The molecule has 0 aromatic heterocycles. The first-order valence-corrected chi connectivity index (χ1v) is 9.26. The molecule has 1 aromatic rings. The lowest BCUT2D eigenvalue weighted by Crippen LogP contribution is -2.43. The Hall–Kier alpha value is -0.820. The lowest BCUT2D eigenvalue weighted by molar-refractivity contribution is 0.297. The maximum Gasteiger partial charge on any atom is 0.191 e. The summed E-state index contributed by atoms with van der Waals surface area (Å²) in [6, 6.07) is 10.6. The summed E-state index contributed by atoms with van der Waals surface area (Å²) >= 11 is 0. The van der Waals surface area contributed by atoms with E-state index in [0.29, 0.717) is 0 Å². The van der Waals surface area contributed by atoms with Gasteiger partial charge in [0.15, 0.2) is 5.96 Å². The minimum absolute atomic E-state index is 0. The van der Waals surface area contributed by atoms with Gasteiger partial charge in [-0.1, -0.05) is 58.0 Å². The number of nitrogens with zero attached hydrogens (tertiary/aromatic N) is 2. The minimum Gasteiger partial charge on any atom is -0.356 e. The maximum atomic E-state index is 4.33. The van der Waals surface area contributed by atoms with E-state index >= 15 is 0 Å². The number of unbranched alkanes of at least 4 members (excludes halogenated alkanes) is 1. The molecule has 0 saturated heterocycles. The van der Waals surface area contributed by atoms with Crippen molar-refractivity contribution < 1.29 is 0 Å². The topological polar surface area (TPSA) is 39.7 Å². The summed E-state index contributed by atoms with van der Waals surface area (Å²) in [6.07, 6.45) is 2.39. The largest absolute Gasteiger partial charge is 0.356 e. The van der Waals surface area contributed by atoms with E-state index in [9.17, 15) is 0 Å². The van der Waals surface area contributed by atoms with Gasteiger partial charge in [-0.2, -0.15) is 0 Å². The van der Waals surface area contributed by atoms with Gasteiger partial charge < -0.3 is 15.5 Å². The number of halogens is 1. The highest BCUT2D eigenvalue weighted by Gasteiger charge is 2.20. The molecule has 5 heteroatoms. The molecule has 0 radical (unpaired) electrons. The first-order valence-electron chi connectivity index (χ1n) is 9.26. The molecule has 0 saturated carbocycles. The first kappa shape index (κ1) is 24.2. The second-order valence-corrected chi connectivity index (χ2v) is 6.84. The number of hydrogen-bond acceptors (Lipinski definition) is 2. The van der Waals surface area contributed by atoms with Gasteiger partial charge >= 0.3 is 0 Å². The van der Waals surface area contributed by atoms with Crippen molar-refractivity contribution in [3.05, 3.63) is 35.9 Å². The van der Waals surface area contributed by atoms with E-state index in [4.69, 9.17) is 0 Å². The highest BCUT2D eigenvalue weighted by molar-refractivity contribution is 14.0. The average molecular weight is 460 g/mol. The van der Waals surface area contributed by atoms with Crippen LogP contribution in [0.25, 0.3) is 0 Å². The SMILES string of the molecule is CCN(CC)CCCCNC(=NC)NCC(C)(C)c1ccccc1.I. The van der Waals surface area contributed by atoms with E-state index in [0.717, 1.165) is 32.1 Å². The fourth-order valence-electron chi connectivity index (χ4n) is 2.72. The van der Waals surface area contributed by atoms with Crippen LogP contribution in [0.4, 0.5) is 0 Å². The molecule has 0 unspecified atom stereocenters. The molecule has 0 amide bonds. The van der Waals surface area contributed by atoms with Crippen molar-refractivity contribution in [2.45, 2.75) is 46.0 Å². The van der Waals surface area contributed by atoms with Crippen LogP contribution in [0.1, 0.15) is 46.1 Å². The Bertz CT molecular complexity index is 470. The summed E-state index contributed by atoms with van der Waals surface area (Å²) in [5.74, 6) is 0.891. The highest BCUT2D eigenvalue weighted by atomic mass is 127. The van der Waals surface area contributed by atoms with Crippen LogP contribution >= 0.6 is 24.0 Å². The number of aliphatic imine (C=N–C) groups is 1. The molecule has 1 rings (SSSR count). The van der Waals surface area contributed by atoms with Gasteiger partial charge in [-0.15, -0.1) is 24.0 Å². The van der Waals surface area contributed by atoms with E-state index in [1.54, 1.807) is 0 Å². The highest BCUT2D eigenvalue weighted by Crippen LogP contribution is 2.21. The van der Waals surface area contributed by atoms with E-state index in [1.165, 1.54) is 24.9 Å². The summed E-state index contributed by atoms with van der Waals surface area (Å²) in [5.41, 5.74) is 1.41. The predicted octanol–water partition coefficient (Wildman–Crippen LogP) is 3.87. The number of rotatable bonds is 10. The third kappa shape index (κ3) is 9.45. The fraction of sp³-hybridized carbons (Fsp3) is 0.650. The Morgan fingerprint density at radius 1 is 1.04 bits per heavy atom. The Labute approximate surface area is 171 Å². The Kier molecular flexibility index (Phi) is 13.0. The van der Waals surface area contributed by atoms with Gasteiger partial charge in [0.25, 0.3) is 0 Å². The fourth-order valence-corrected chi connectivity index (χ4v) is 2.72. The molecule has 0 aliphatic heterocycles. The zero-order valence-corrected chi connectivity index (χ0v) is 19.0. The van der Waals surface area contributed by atoms with Crippen molar-refractivity contribution in [2.75, 3.05) is 39.8 Å². The van der Waals surface area contributed by atoms with Gasteiger partial charge in [0.2, 0.25) is 0 Å². The van der Waals surface area contributed by atoms with E-state index in [-0.39, 0.29) is 29.4 Å². The number of guanidine groups is 1. The van der Waals surface area contributed by atoms with Crippen molar-refractivity contribution >= 4 is 29.9 Å². The van der Waals surface area contributed by atoms with Crippen LogP contribution in [0.3, 0.4) is 0 Å². The predicted molar refractivity (Wildman–Crippen MR) is 121 cm³/mol. The molecule has 144 valence electrons. The van der Waals surface area contributed by atoms with Crippen molar-refractivity contribution in [3.8, 4) is 0 Å². The molecule has 4 nitrogen and oxygen atoms in total. The molecule has 0 atom stereocenters. The van der Waals surface area contributed by atoms with E-state index < -0.39 is 0 Å². The van der Waals surface area contributed by atoms with E-state index in [1.807, 2.05) is 7.05 Å². The van der Waals surface area contributed by atoms with Crippen molar-refractivity contribution in [3.63, 3.8) is 0 Å². The third-order valence-electron chi connectivity index (χ3n) is 4.56. The zero-order chi connectivity index (χ0) is 17.8. The minimum atomic E-state index is 0.